The summed E-state index contributed by atoms with van der Waals surface area (Å²) in [6.45, 7) is 5.50. The van der Waals surface area contributed by atoms with Gasteiger partial charge >= 0.3 is 29.6 Å². The van der Waals surface area contributed by atoms with Gasteiger partial charge in [-0.1, -0.05) is 13.0 Å². The Morgan fingerprint density at radius 3 is 1.64 bits per heavy atom. The first-order valence-corrected chi connectivity index (χ1v) is 3.06. The Morgan fingerprint density at radius 1 is 1.18 bits per heavy atom. The van der Waals surface area contributed by atoms with Crippen LogP contribution in [0.4, 0.5) is 4.70 Å². The van der Waals surface area contributed by atoms with E-state index in [0.717, 1.165) is 6.42 Å². The normalized spacial score (nSPS) is 6.00. The van der Waals surface area contributed by atoms with Crippen LogP contribution < -0.4 is 29.6 Å². The molecule has 58 valence electrons. The predicted octanol–water partition coefficient (Wildman–Crippen LogP) is -0.531. The second-order valence-corrected chi connectivity index (χ2v) is 1.52. The molecule has 0 N–H and O–H groups in total. The third-order valence-electron chi connectivity index (χ3n) is 0.566. The van der Waals surface area contributed by atoms with Crippen molar-refractivity contribution in [2.24, 2.45) is 0 Å². The minimum atomic E-state index is 0. The standard InChI is InChI=1S/C5H5N.C3H7.FH.Na/c1-2-4-6-5-3-1;1-3-2;;/h1-5H;1,3H2,2H3;1H;/q;-1;;+1. The van der Waals surface area contributed by atoms with E-state index in [9.17, 15) is 0 Å². The van der Waals surface area contributed by atoms with Crippen molar-refractivity contribution >= 4 is 0 Å². The van der Waals surface area contributed by atoms with Crippen molar-refractivity contribution < 1.29 is 34.3 Å². The van der Waals surface area contributed by atoms with Gasteiger partial charge in [0.25, 0.3) is 0 Å². The second kappa shape index (κ2) is 16.6. The average molecular weight is 165 g/mol. The smallest absolute Gasteiger partial charge is 0.344 e. The predicted molar refractivity (Wildman–Crippen MR) is 42.4 cm³/mol. The summed E-state index contributed by atoms with van der Waals surface area (Å²) in [4.78, 5) is 3.78. The maximum Gasteiger partial charge on any atom is 1.00 e. The molecule has 1 aromatic rings. The molecule has 1 aromatic heterocycles. The largest absolute Gasteiger partial charge is 1.00 e. The van der Waals surface area contributed by atoms with Gasteiger partial charge in [-0.25, -0.2) is 0 Å². The number of aromatic nitrogens is 1. The molecular weight excluding hydrogens is 152 g/mol. The molecule has 1 nitrogen and oxygen atoms in total. The fourth-order valence-electron chi connectivity index (χ4n) is 0.313. The van der Waals surface area contributed by atoms with E-state index in [1.807, 2.05) is 25.1 Å². The van der Waals surface area contributed by atoms with Gasteiger partial charge in [-0.15, -0.1) is 0 Å². The van der Waals surface area contributed by atoms with E-state index < -0.39 is 0 Å². The summed E-state index contributed by atoms with van der Waals surface area (Å²) >= 11 is 0. The van der Waals surface area contributed by atoms with E-state index in [2.05, 4.69) is 11.9 Å². The summed E-state index contributed by atoms with van der Waals surface area (Å²) in [6.07, 6.45) is 4.50. The first kappa shape index (κ1) is 17.2. The molecule has 0 amide bonds. The quantitative estimate of drug-likeness (QED) is 0.372. The summed E-state index contributed by atoms with van der Waals surface area (Å²) in [7, 11) is 0. The van der Waals surface area contributed by atoms with Gasteiger partial charge in [0, 0.05) is 12.4 Å². The van der Waals surface area contributed by atoms with Crippen molar-refractivity contribution in [2.75, 3.05) is 0 Å². The number of rotatable bonds is 0. The van der Waals surface area contributed by atoms with Crippen LogP contribution in [0.5, 0.6) is 0 Å². The Morgan fingerprint density at radius 2 is 1.55 bits per heavy atom. The molecule has 1 heterocycles. The Hall–Kier alpha value is 0.0800. The molecule has 1 rings (SSSR count). The van der Waals surface area contributed by atoms with Crippen LogP contribution in [0.25, 0.3) is 0 Å². The van der Waals surface area contributed by atoms with Gasteiger partial charge < -0.3 is 6.92 Å². The van der Waals surface area contributed by atoms with Crippen molar-refractivity contribution in [1.82, 2.24) is 4.98 Å². The first-order valence-electron chi connectivity index (χ1n) is 3.06. The van der Waals surface area contributed by atoms with Crippen molar-refractivity contribution in [3.63, 3.8) is 0 Å². The summed E-state index contributed by atoms with van der Waals surface area (Å²) in [5.74, 6) is 0. The Bertz CT molecular complexity index is 96.9. The third-order valence-corrected chi connectivity index (χ3v) is 0.566. The first-order chi connectivity index (χ1) is 4.41. The van der Waals surface area contributed by atoms with Crippen LogP contribution >= 0.6 is 0 Å². The maximum atomic E-state index is 3.78. The van der Waals surface area contributed by atoms with Gasteiger partial charge in [-0.2, -0.15) is 6.42 Å². The Balaban J connectivity index is -0.000000116. The van der Waals surface area contributed by atoms with Gasteiger partial charge in [0.15, 0.2) is 0 Å². The van der Waals surface area contributed by atoms with Crippen LogP contribution in [0.2, 0.25) is 0 Å². The summed E-state index contributed by atoms with van der Waals surface area (Å²) < 4.78 is 0. The fourth-order valence-corrected chi connectivity index (χ4v) is 0.313. The van der Waals surface area contributed by atoms with Crippen molar-refractivity contribution in [1.29, 1.82) is 0 Å². The zero-order valence-electron chi connectivity index (χ0n) is 7.16. The molecule has 0 atom stereocenters. The molecule has 3 heteroatoms. The molecular formula is C8H13FNNa. The molecule has 0 aromatic carbocycles. The van der Waals surface area contributed by atoms with Gasteiger partial charge in [0.05, 0.1) is 0 Å². The van der Waals surface area contributed by atoms with Crippen LogP contribution in [0.15, 0.2) is 30.6 Å². The fraction of sp³-hybridized carbons (Fsp3) is 0.250. The molecule has 0 radical (unpaired) electrons. The summed E-state index contributed by atoms with van der Waals surface area (Å²) in [6, 6.07) is 5.72. The SMILES string of the molecule is F.[CH2-]CC.[Na+].c1ccncc1. The molecule has 0 fully saturated rings. The van der Waals surface area contributed by atoms with E-state index in [1.54, 1.807) is 12.4 Å². The molecule has 0 aliphatic carbocycles. The average Bonchev–Trinajstić information content (AvgIpc) is 1.93. The zero-order valence-corrected chi connectivity index (χ0v) is 9.16. The van der Waals surface area contributed by atoms with Crippen LogP contribution in [0, 0.1) is 6.92 Å². The van der Waals surface area contributed by atoms with Crippen molar-refractivity contribution in [3.05, 3.63) is 37.5 Å². The number of hydrogen-bond acceptors (Lipinski definition) is 1. The van der Waals surface area contributed by atoms with Gasteiger partial charge in [0.2, 0.25) is 0 Å². The van der Waals surface area contributed by atoms with Crippen molar-refractivity contribution in [2.45, 2.75) is 13.3 Å². The molecule has 0 unspecified atom stereocenters. The number of halogens is 1. The Kier molecular flexibility index (Phi) is 26.0. The minimum absolute atomic E-state index is 0. The van der Waals surface area contributed by atoms with Crippen LogP contribution in [-0.2, 0) is 0 Å². The van der Waals surface area contributed by atoms with Gasteiger partial charge in [0.1, 0.15) is 0 Å². The third kappa shape index (κ3) is 17.8. The van der Waals surface area contributed by atoms with E-state index in [1.165, 1.54) is 0 Å². The van der Waals surface area contributed by atoms with Crippen LogP contribution in [-0.4, -0.2) is 4.98 Å². The number of nitrogens with zero attached hydrogens (tertiary/aromatic N) is 1. The Labute approximate surface area is 89.9 Å². The van der Waals surface area contributed by atoms with E-state index in [4.69, 9.17) is 0 Å². The zero-order chi connectivity index (χ0) is 6.95. The molecule has 11 heavy (non-hydrogen) atoms. The van der Waals surface area contributed by atoms with Crippen LogP contribution in [0.1, 0.15) is 13.3 Å². The van der Waals surface area contributed by atoms with E-state index in [-0.39, 0.29) is 34.3 Å². The number of hydrogen-bond donors (Lipinski definition) is 0. The van der Waals surface area contributed by atoms with Crippen molar-refractivity contribution in [3.8, 4) is 0 Å². The van der Waals surface area contributed by atoms with Crippen LogP contribution in [0.3, 0.4) is 0 Å². The van der Waals surface area contributed by atoms with E-state index in [0.29, 0.717) is 0 Å². The summed E-state index contributed by atoms with van der Waals surface area (Å²) in [5.41, 5.74) is 0. The summed E-state index contributed by atoms with van der Waals surface area (Å²) in [5, 5.41) is 0. The minimum Gasteiger partial charge on any atom is -0.344 e. The molecule has 0 aliphatic rings. The number of pyridine rings is 1. The van der Waals surface area contributed by atoms with E-state index >= 15 is 0 Å². The molecule has 0 spiro atoms. The topological polar surface area (TPSA) is 12.9 Å². The van der Waals surface area contributed by atoms with Gasteiger partial charge in [-0.3, -0.25) is 9.69 Å². The molecule has 0 saturated heterocycles. The van der Waals surface area contributed by atoms with Gasteiger partial charge in [-0.05, 0) is 12.1 Å². The maximum absolute atomic E-state index is 3.78. The monoisotopic (exact) mass is 165 g/mol. The molecule has 0 bridgehead atoms. The molecule has 0 aliphatic heterocycles. The second-order valence-electron chi connectivity index (χ2n) is 1.52. The molecule has 0 saturated carbocycles.